The smallest absolute Gasteiger partial charge is 0.348 e. The Morgan fingerprint density at radius 3 is 2.96 bits per heavy atom. The number of nitrogen functional groups attached to an aromatic ring is 1. The van der Waals surface area contributed by atoms with Crippen LogP contribution in [0.4, 0.5) is 5.00 Å². The third-order valence-corrected chi connectivity index (χ3v) is 5.07. The topological polar surface area (TPSA) is 107 Å². The first-order valence-electron chi connectivity index (χ1n) is 7.00. The molecule has 0 unspecified atom stereocenters. The largest absolute Gasteiger partial charge is 0.462 e. The Bertz CT molecular complexity index is 745. The molecule has 7 nitrogen and oxygen atoms in total. The summed E-state index contributed by atoms with van der Waals surface area (Å²) in [5.41, 5.74) is 6.79. The zero-order valence-electron chi connectivity index (χ0n) is 13.1. The van der Waals surface area contributed by atoms with Crippen LogP contribution in [0.15, 0.2) is 11.5 Å². The van der Waals surface area contributed by atoms with Gasteiger partial charge in [-0.05, 0) is 20.8 Å². The maximum atomic E-state index is 12.1. The first-order chi connectivity index (χ1) is 11.0. The van der Waals surface area contributed by atoms with Crippen molar-refractivity contribution < 1.29 is 9.53 Å². The van der Waals surface area contributed by atoms with Crippen LogP contribution < -0.4 is 5.73 Å². The lowest BCUT2D eigenvalue weighted by Crippen LogP contribution is -2.06. The van der Waals surface area contributed by atoms with Crippen molar-refractivity contribution in [3.63, 3.8) is 0 Å². The molecule has 0 atom stereocenters. The Labute approximate surface area is 142 Å². The summed E-state index contributed by atoms with van der Waals surface area (Å²) >= 11 is 2.50. The van der Waals surface area contributed by atoms with Crippen molar-refractivity contribution in [2.75, 3.05) is 12.3 Å². The molecule has 9 heteroatoms. The zero-order valence-corrected chi connectivity index (χ0v) is 14.7. The highest BCUT2D eigenvalue weighted by atomic mass is 32.2. The molecule has 0 aliphatic carbocycles. The number of nitriles is 1. The predicted octanol–water partition coefficient (Wildman–Crippen LogP) is 2.84. The number of thioether (sulfide) groups is 1. The second kappa shape index (κ2) is 7.48. The lowest BCUT2D eigenvalue weighted by atomic mass is 10.2. The molecule has 0 radical (unpaired) electrons. The van der Waals surface area contributed by atoms with Gasteiger partial charge in [0.15, 0.2) is 5.16 Å². The SMILES string of the molecule is CCOC(=O)c1sc(N)c(C#N)c1CSc1nncn1C(C)C. The van der Waals surface area contributed by atoms with Gasteiger partial charge in [-0.1, -0.05) is 11.8 Å². The van der Waals surface area contributed by atoms with E-state index in [4.69, 9.17) is 10.5 Å². The van der Waals surface area contributed by atoms with Crippen LogP contribution >= 0.6 is 23.1 Å². The van der Waals surface area contributed by atoms with Crippen LogP contribution in [0.2, 0.25) is 0 Å². The molecule has 2 aromatic heterocycles. The van der Waals surface area contributed by atoms with Crippen LogP contribution in [0, 0.1) is 11.3 Å². The second-order valence-electron chi connectivity index (χ2n) is 4.88. The summed E-state index contributed by atoms with van der Waals surface area (Å²) < 4.78 is 6.97. The fraction of sp³-hybridized carbons (Fsp3) is 0.429. The minimum Gasteiger partial charge on any atom is -0.462 e. The summed E-state index contributed by atoms with van der Waals surface area (Å²) in [5, 5.41) is 18.3. The van der Waals surface area contributed by atoms with Gasteiger partial charge in [0, 0.05) is 17.4 Å². The van der Waals surface area contributed by atoms with E-state index in [1.807, 2.05) is 18.4 Å². The molecule has 0 bridgehead atoms. The molecule has 0 saturated carbocycles. The number of thiophene rings is 1. The lowest BCUT2D eigenvalue weighted by Gasteiger charge is -2.09. The molecule has 122 valence electrons. The molecule has 0 spiro atoms. The monoisotopic (exact) mass is 351 g/mol. The van der Waals surface area contributed by atoms with Gasteiger partial charge >= 0.3 is 5.97 Å². The maximum Gasteiger partial charge on any atom is 0.348 e. The van der Waals surface area contributed by atoms with E-state index in [9.17, 15) is 10.1 Å². The average Bonchev–Trinajstić information content (AvgIpc) is 3.09. The third-order valence-electron chi connectivity index (χ3n) is 3.05. The summed E-state index contributed by atoms with van der Waals surface area (Å²) in [5.74, 6) is -0.0532. The number of hydrogen-bond donors (Lipinski definition) is 1. The van der Waals surface area contributed by atoms with Crippen LogP contribution in [0.3, 0.4) is 0 Å². The van der Waals surface area contributed by atoms with Crippen molar-refractivity contribution in [3.05, 3.63) is 22.3 Å². The highest BCUT2D eigenvalue weighted by molar-refractivity contribution is 7.98. The van der Waals surface area contributed by atoms with Crippen molar-refractivity contribution in [2.45, 2.75) is 37.7 Å². The van der Waals surface area contributed by atoms with Crippen molar-refractivity contribution in [3.8, 4) is 6.07 Å². The van der Waals surface area contributed by atoms with E-state index in [0.717, 1.165) is 16.5 Å². The number of hydrogen-bond acceptors (Lipinski definition) is 8. The van der Waals surface area contributed by atoms with Gasteiger partial charge in [0.1, 0.15) is 22.3 Å². The molecule has 0 amide bonds. The van der Waals surface area contributed by atoms with Crippen molar-refractivity contribution in [1.29, 1.82) is 5.26 Å². The van der Waals surface area contributed by atoms with Crippen LogP contribution in [-0.4, -0.2) is 27.3 Å². The molecular formula is C14H17N5O2S2. The highest BCUT2D eigenvalue weighted by Crippen LogP contribution is 2.35. The van der Waals surface area contributed by atoms with Crippen LogP contribution in [0.25, 0.3) is 0 Å². The zero-order chi connectivity index (χ0) is 17.0. The van der Waals surface area contributed by atoms with Gasteiger partial charge in [-0.3, -0.25) is 0 Å². The normalized spacial score (nSPS) is 10.7. The molecule has 2 heterocycles. The standard InChI is InChI=1S/C14H17N5O2S2/c1-4-21-13(20)11-10(9(5-15)12(16)23-11)6-22-14-18-17-7-19(14)8(2)3/h7-8H,4,6,16H2,1-3H3. The maximum absolute atomic E-state index is 12.1. The third kappa shape index (κ3) is 3.65. The van der Waals surface area contributed by atoms with Crippen LogP contribution in [0.5, 0.6) is 0 Å². The summed E-state index contributed by atoms with van der Waals surface area (Å²) in [6.07, 6.45) is 1.66. The fourth-order valence-electron chi connectivity index (χ4n) is 1.93. The van der Waals surface area contributed by atoms with Gasteiger partial charge in [-0.25, -0.2) is 4.79 Å². The molecule has 0 aliphatic heterocycles. The van der Waals surface area contributed by atoms with E-state index in [0.29, 0.717) is 26.8 Å². The van der Waals surface area contributed by atoms with Crippen LogP contribution in [-0.2, 0) is 10.5 Å². The number of carbonyl (C=O) groups is 1. The number of aromatic nitrogens is 3. The Morgan fingerprint density at radius 2 is 2.35 bits per heavy atom. The molecule has 0 saturated heterocycles. The highest BCUT2D eigenvalue weighted by Gasteiger charge is 2.23. The number of nitrogens with zero attached hydrogens (tertiary/aromatic N) is 4. The number of ether oxygens (including phenoxy) is 1. The molecule has 2 aromatic rings. The van der Waals surface area contributed by atoms with E-state index < -0.39 is 5.97 Å². The second-order valence-corrected chi connectivity index (χ2v) is 6.88. The van der Waals surface area contributed by atoms with Crippen molar-refractivity contribution >= 4 is 34.1 Å². The van der Waals surface area contributed by atoms with Gasteiger partial charge in [0.05, 0.1) is 12.2 Å². The predicted molar refractivity (Wildman–Crippen MR) is 89.4 cm³/mol. The number of carbonyl (C=O) groups excluding carboxylic acids is 1. The van der Waals surface area contributed by atoms with E-state index in [2.05, 4.69) is 16.3 Å². The molecule has 2 N–H and O–H groups in total. The Morgan fingerprint density at radius 1 is 1.61 bits per heavy atom. The number of esters is 1. The summed E-state index contributed by atoms with van der Waals surface area (Å²) in [7, 11) is 0. The van der Waals surface area contributed by atoms with Gasteiger partial charge < -0.3 is 15.0 Å². The lowest BCUT2D eigenvalue weighted by molar-refractivity contribution is 0.0531. The van der Waals surface area contributed by atoms with Crippen LogP contribution in [0.1, 0.15) is 47.6 Å². The molecular weight excluding hydrogens is 334 g/mol. The van der Waals surface area contributed by atoms with E-state index in [1.54, 1.807) is 13.3 Å². The quantitative estimate of drug-likeness (QED) is 0.630. The Kier molecular flexibility index (Phi) is 5.63. The minimum absolute atomic E-state index is 0.222. The van der Waals surface area contributed by atoms with Gasteiger partial charge in [-0.2, -0.15) is 5.26 Å². The minimum atomic E-state index is -0.452. The van der Waals surface area contributed by atoms with E-state index in [-0.39, 0.29) is 12.6 Å². The van der Waals surface area contributed by atoms with Crippen molar-refractivity contribution in [1.82, 2.24) is 14.8 Å². The number of anilines is 1. The summed E-state index contributed by atoms with van der Waals surface area (Å²) in [6.45, 7) is 6.06. The summed E-state index contributed by atoms with van der Waals surface area (Å²) in [6, 6.07) is 2.29. The van der Waals surface area contributed by atoms with E-state index >= 15 is 0 Å². The Hall–Kier alpha value is -2.05. The first kappa shape index (κ1) is 17.3. The van der Waals surface area contributed by atoms with E-state index in [1.165, 1.54) is 11.8 Å². The molecule has 2 rings (SSSR count). The fourth-order valence-corrected chi connectivity index (χ4v) is 4.03. The van der Waals surface area contributed by atoms with Crippen molar-refractivity contribution in [2.24, 2.45) is 0 Å². The molecule has 23 heavy (non-hydrogen) atoms. The molecule has 0 fully saturated rings. The summed E-state index contributed by atoms with van der Waals surface area (Å²) in [4.78, 5) is 12.4. The number of rotatable bonds is 6. The molecule has 0 aromatic carbocycles. The van der Waals surface area contributed by atoms with Gasteiger partial charge in [-0.15, -0.1) is 21.5 Å². The van der Waals surface area contributed by atoms with Gasteiger partial charge in [0.25, 0.3) is 0 Å². The van der Waals surface area contributed by atoms with Gasteiger partial charge in [0.2, 0.25) is 0 Å². The Balaban J connectivity index is 2.29. The first-order valence-corrected chi connectivity index (χ1v) is 8.80. The number of nitrogens with two attached hydrogens (primary N) is 1. The molecule has 0 aliphatic rings. The average molecular weight is 351 g/mol.